The van der Waals surface area contributed by atoms with Crippen molar-refractivity contribution in [2.24, 2.45) is 11.8 Å². The molecule has 92 valence electrons. The standard InChI is InChI=1S/C13H20N4/c1-14-7-12-5-6-13(16-15-12)17-8-10-3-2-4-11(10)9-17/h5-6,10-11,14H,2-4,7-9H2,1H3. The van der Waals surface area contributed by atoms with Gasteiger partial charge in [0.25, 0.3) is 0 Å². The molecule has 2 heterocycles. The number of anilines is 1. The predicted octanol–water partition coefficient (Wildman–Crippen LogP) is 1.43. The summed E-state index contributed by atoms with van der Waals surface area (Å²) in [5, 5.41) is 11.7. The van der Waals surface area contributed by atoms with Crippen molar-refractivity contribution in [2.45, 2.75) is 25.8 Å². The zero-order valence-electron chi connectivity index (χ0n) is 10.4. The topological polar surface area (TPSA) is 41.0 Å². The van der Waals surface area contributed by atoms with Gasteiger partial charge in [-0.25, -0.2) is 0 Å². The van der Waals surface area contributed by atoms with Crippen LogP contribution in [0.25, 0.3) is 0 Å². The summed E-state index contributed by atoms with van der Waals surface area (Å²) in [6.45, 7) is 3.16. The summed E-state index contributed by atoms with van der Waals surface area (Å²) >= 11 is 0. The van der Waals surface area contributed by atoms with Gasteiger partial charge in [-0.2, -0.15) is 5.10 Å². The molecular weight excluding hydrogens is 212 g/mol. The first-order chi connectivity index (χ1) is 8.36. The number of rotatable bonds is 3. The van der Waals surface area contributed by atoms with Gasteiger partial charge in [0.15, 0.2) is 5.82 Å². The molecule has 1 saturated carbocycles. The maximum atomic E-state index is 4.34. The maximum Gasteiger partial charge on any atom is 0.151 e. The Morgan fingerprint density at radius 3 is 2.59 bits per heavy atom. The second-order valence-corrected chi connectivity index (χ2v) is 5.27. The van der Waals surface area contributed by atoms with Crippen LogP contribution in [0.5, 0.6) is 0 Å². The van der Waals surface area contributed by atoms with Crippen LogP contribution in [0.3, 0.4) is 0 Å². The second kappa shape index (κ2) is 4.61. The van der Waals surface area contributed by atoms with Crippen molar-refractivity contribution in [3.63, 3.8) is 0 Å². The average molecular weight is 232 g/mol. The SMILES string of the molecule is CNCc1ccc(N2CC3CCCC3C2)nn1. The van der Waals surface area contributed by atoms with E-state index in [1.807, 2.05) is 7.05 Å². The largest absolute Gasteiger partial charge is 0.355 e. The maximum absolute atomic E-state index is 4.34. The van der Waals surface area contributed by atoms with Crippen LogP contribution < -0.4 is 10.2 Å². The summed E-state index contributed by atoms with van der Waals surface area (Å²) in [5.41, 5.74) is 1.01. The van der Waals surface area contributed by atoms with E-state index in [1.165, 1.54) is 32.4 Å². The summed E-state index contributed by atoms with van der Waals surface area (Å²) < 4.78 is 0. The zero-order chi connectivity index (χ0) is 11.7. The van der Waals surface area contributed by atoms with Crippen molar-refractivity contribution < 1.29 is 0 Å². The van der Waals surface area contributed by atoms with Crippen LogP contribution in [-0.4, -0.2) is 30.3 Å². The van der Waals surface area contributed by atoms with Crippen LogP contribution >= 0.6 is 0 Å². The van der Waals surface area contributed by atoms with E-state index in [4.69, 9.17) is 0 Å². The van der Waals surface area contributed by atoms with E-state index in [2.05, 4.69) is 32.5 Å². The van der Waals surface area contributed by atoms with E-state index < -0.39 is 0 Å². The number of nitrogens with one attached hydrogen (secondary N) is 1. The van der Waals surface area contributed by atoms with Gasteiger partial charge in [-0.3, -0.25) is 0 Å². The molecule has 1 aliphatic heterocycles. The molecule has 0 bridgehead atoms. The Balaban J connectivity index is 1.68. The zero-order valence-corrected chi connectivity index (χ0v) is 10.4. The first-order valence-electron chi connectivity index (χ1n) is 6.59. The molecule has 2 atom stereocenters. The lowest BCUT2D eigenvalue weighted by molar-refractivity contribution is 0.494. The van der Waals surface area contributed by atoms with Crippen molar-refractivity contribution >= 4 is 5.82 Å². The molecule has 4 heteroatoms. The van der Waals surface area contributed by atoms with Crippen molar-refractivity contribution in [3.05, 3.63) is 17.8 Å². The summed E-state index contributed by atoms with van der Waals surface area (Å²) in [5.74, 6) is 2.88. The Morgan fingerprint density at radius 1 is 1.24 bits per heavy atom. The van der Waals surface area contributed by atoms with Gasteiger partial charge in [0.1, 0.15) is 0 Å². The lowest BCUT2D eigenvalue weighted by Gasteiger charge is -2.17. The van der Waals surface area contributed by atoms with E-state index >= 15 is 0 Å². The molecule has 17 heavy (non-hydrogen) atoms. The third-order valence-electron chi connectivity index (χ3n) is 4.11. The van der Waals surface area contributed by atoms with Crippen LogP contribution in [-0.2, 0) is 6.54 Å². The minimum atomic E-state index is 0.790. The monoisotopic (exact) mass is 232 g/mol. The number of nitrogens with zero attached hydrogens (tertiary/aromatic N) is 3. The van der Waals surface area contributed by atoms with Crippen LogP contribution in [0.1, 0.15) is 25.0 Å². The number of hydrogen-bond donors (Lipinski definition) is 1. The molecule has 3 rings (SSSR count). The minimum absolute atomic E-state index is 0.790. The fourth-order valence-electron chi connectivity index (χ4n) is 3.22. The summed E-state index contributed by atoms with van der Waals surface area (Å²) in [6.07, 6.45) is 4.24. The highest BCUT2D eigenvalue weighted by Gasteiger charge is 2.36. The van der Waals surface area contributed by atoms with Crippen LogP contribution in [0.2, 0.25) is 0 Å². The van der Waals surface area contributed by atoms with Gasteiger partial charge in [0.05, 0.1) is 5.69 Å². The molecule has 2 aliphatic rings. The van der Waals surface area contributed by atoms with Gasteiger partial charge in [-0.05, 0) is 43.9 Å². The van der Waals surface area contributed by atoms with E-state index in [1.54, 1.807) is 0 Å². The molecule has 1 N–H and O–H groups in total. The molecule has 2 fully saturated rings. The lowest BCUT2D eigenvalue weighted by atomic mass is 10.0. The molecule has 2 unspecified atom stereocenters. The third kappa shape index (κ3) is 2.14. The van der Waals surface area contributed by atoms with Gasteiger partial charge < -0.3 is 10.2 Å². The molecule has 1 aromatic heterocycles. The quantitative estimate of drug-likeness (QED) is 0.856. The lowest BCUT2D eigenvalue weighted by Crippen LogP contribution is -2.22. The highest BCUT2D eigenvalue weighted by molar-refractivity contribution is 5.39. The molecule has 0 radical (unpaired) electrons. The van der Waals surface area contributed by atoms with E-state index in [-0.39, 0.29) is 0 Å². The highest BCUT2D eigenvalue weighted by Crippen LogP contribution is 2.38. The molecule has 1 saturated heterocycles. The fourth-order valence-corrected chi connectivity index (χ4v) is 3.22. The van der Waals surface area contributed by atoms with Crippen molar-refractivity contribution in [1.82, 2.24) is 15.5 Å². The van der Waals surface area contributed by atoms with Crippen LogP contribution in [0.4, 0.5) is 5.82 Å². The van der Waals surface area contributed by atoms with Crippen molar-refractivity contribution in [1.29, 1.82) is 0 Å². The van der Waals surface area contributed by atoms with E-state index in [0.29, 0.717) is 0 Å². The van der Waals surface area contributed by atoms with Gasteiger partial charge in [0.2, 0.25) is 0 Å². The normalized spacial score (nSPS) is 27.5. The Bertz CT molecular complexity index is 364. The van der Waals surface area contributed by atoms with Gasteiger partial charge in [0, 0.05) is 19.6 Å². The highest BCUT2D eigenvalue weighted by atomic mass is 15.3. The molecular formula is C13H20N4. The molecule has 0 amide bonds. The molecule has 1 aliphatic carbocycles. The van der Waals surface area contributed by atoms with Gasteiger partial charge in [-0.1, -0.05) is 6.42 Å². The Labute approximate surface area is 102 Å². The predicted molar refractivity (Wildman–Crippen MR) is 67.8 cm³/mol. The fraction of sp³-hybridized carbons (Fsp3) is 0.692. The number of hydrogen-bond acceptors (Lipinski definition) is 4. The van der Waals surface area contributed by atoms with Gasteiger partial charge >= 0.3 is 0 Å². The summed E-state index contributed by atoms with van der Waals surface area (Å²) in [7, 11) is 1.93. The van der Waals surface area contributed by atoms with Crippen molar-refractivity contribution in [3.8, 4) is 0 Å². The van der Waals surface area contributed by atoms with Crippen LogP contribution in [0.15, 0.2) is 12.1 Å². The first-order valence-corrected chi connectivity index (χ1v) is 6.59. The average Bonchev–Trinajstić information content (AvgIpc) is 2.90. The van der Waals surface area contributed by atoms with Crippen LogP contribution in [0, 0.1) is 11.8 Å². The third-order valence-corrected chi connectivity index (χ3v) is 4.11. The number of fused-ring (bicyclic) bond motifs is 1. The summed E-state index contributed by atoms with van der Waals surface area (Å²) in [6, 6.07) is 4.19. The Kier molecular flexibility index (Phi) is 2.97. The smallest absolute Gasteiger partial charge is 0.151 e. The molecule has 4 nitrogen and oxygen atoms in total. The molecule has 0 spiro atoms. The number of aromatic nitrogens is 2. The summed E-state index contributed by atoms with van der Waals surface area (Å²) in [4.78, 5) is 2.41. The second-order valence-electron chi connectivity index (χ2n) is 5.27. The molecule has 1 aromatic rings. The molecule has 0 aromatic carbocycles. The Morgan fingerprint density at radius 2 is 2.00 bits per heavy atom. The Hall–Kier alpha value is -1.16. The van der Waals surface area contributed by atoms with Crippen molar-refractivity contribution in [2.75, 3.05) is 25.0 Å². The van der Waals surface area contributed by atoms with E-state index in [0.717, 1.165) is 29.9 Å². The van der Waals surface area contributed by atoms with Gasteiger partial charge in [-0.15, -0.1) is 5.10 Å². The first kappa shape index (κ1) is 11.0. The van der Waals surface area contributed by atoms with E-state index in [9.17, 15) is 0 Å². The minimum Gasteiger partial charge on any atom is -0.355 e.